The Kier molecular flexibility index (Phi) is 6.76. The Morgan fingerprint density at radius 2 is 1.92 bits per heavy atom. The molecule has 0 spiro atoms. The lowest BCUT2D eigenvalue weighted by Gasteiger charge is -2.16. The molecule has 1 N–H and O–H groups in total. The standard InChI is InChI=1S/C19H24ClN3O2/c1-4-7-12-23-17(24)11-10-16(22-23)19(25)21-18-13(5-2)8-9-15(20)14(18)6-3/h8-11H,4-7,12H2,1-3H3,(H,21,25). The van der Waals surface area contributed by atoms with Crippen molar-refractivity contribution in [2.45, 2.75) is 53.0 Å². The van der Waals surface area contributed by atoms with Gasteiger partial charge >= 0.3 is 0 Å². The summed E-state index contributed by atoms with van der Waals surface area (Å²) >= 11 is 6.28. The van der Waals surface area contributed by atoms with E-state index in [0.717, 1.165) is 36.1 Å². The number of unbranched alkanes of at least 4 members (excludes halogenated alkanes) is 1. The average molecular weight is 362 g/mol. The zero-order chi connectivity index (χ0) is 18.4. The monoisotopic (exact) mass is 361 g/mol. The summed E-state index contributed by atoms with van der Waals surface area (Å²) in [7, 11) is 0. The number of nitrogens with zero attached hydrogens (tertiary/aromatic N) is 2. The maximum Gasteiger partial charge on any atom is 0.276 e. The van der Waals surface area contributed by atoms with Crippen molar-refractivity contribution in [3.05, 3.63) is 56.5 Å². The number of anilines is 1. The van der Waals surface area contributed by atoms with Gasteiger partial charge in [0.25, 0.3) is 11.5 Å². The normalized spacial score (nSPS) is 10.7. The largest absolute Gasteiger partial charge is 0.320 e. The number of carbonyl (C=O) groups excluding carboxylic acids is 1. The first-order valence-electron chi connectivity index (χ1n) is 8.71. The number of aryl methyl sites for hydroxylation is 2. The number of halogens is 1. The van der Waals surface area contributed by atoms with Crippen molar-refractivity contribution < 1.29 is 4.79 Å². The molecule has 0 saturated carbocycles. The van der Waals surface area contributed by atoms with E-state index >= 15 is 0 Å². The first-order valence-corrected chi connectivity index (χ1v) is 9.09. The molecule has 134 valence electrons. The van der Waals surface area contributed by atoms with Gasteiger partial charge in [-0.1, -0.05) is 44.9 Å². The van der Waals surface area contributed by atoms with Gasteiger partial charge in [0, 0.05) is 23.3 Å². The van der Waals surface area contributed by atoms with Gasteiger partial charge in [-0.3, -0.25) is 9.59 Å². The highest BCUT2D eigenvalue weighted by atomic mass is 35.5. The highest BCUT2D eigenvalue weighted by Crippen LogP contribution is 2.29. The van der Waals surface area contributed by atoms with Gasteiger partial charge in [0.15, 0.2) is 0 Å². The van der Waals surface area contributed by atoms with Gasteiger partial charge < -0.3 is 5.32 Å². The topological polar surface area (TPSA) is 64.0 Å². The lowest BCUT2D eigenvalue weighted by Crippen LogP contribution is -2.26. The molecule has 2 rings (SSSR count). The third-order valence-electron chi connectivity index (χ3n) is 4.14. The van der Waals surface area contributed by atoms with Crippen LogP contribution in [0.4, 0.5) is 5.69 Å². The maximum atomic E-state index is 12.7. The molecule has 0 radical (unpaired) electrons. The summed E-state index contributed by atoms with van der Waals surface area (Å²) in [5, 5.41) is 7.77. The van der Waals surface area contributed by atoms with Gasteiger partial charge in [-0.15, -0.1) is 0 Å². The molecule has 0 atom stereocenters. The quantitative estimate of drug-likeness (QED) is 0.808. The molecule has 5 nitrogen and oxygen atoms in total. The summed E-state index contributed by atoms with van der Waals surface area (Å²) in [5.74, 6) is -0.336. The number of aromatic nitrogens is 2. The molecule has 0 saturated heterocycles. The number of rotatable bonds is 7. The van der Waals surface area contributed by atoms with Crippen LogP contribution in [0.1, 0.15) is 55.2 Å². The van der Waals surface area contributed by atoms with E-state index in [4.69, 9.17) is 11.6 Å². The molecule has 0 aliphatic heterocycles. The Hall–Kier alpha value is -2.14. The predicted molar refractivity (Wildman–Crippen MR) is 102 cm³/mol. The van der Waals surface area contributed by atoms with E-state index in [-0.39, 0.29) is 17.2 Å². The number of hydrogen-bond acceptors (Lipinski definition) is 3. The van der Waals surface area contributed by atoms with Crippen molar-refractivity contribution in [2.75, 3.05) is 5.32 Å². The molecule has 1 aromatic carbocycles. The van der Waals surface area contributed by atoms with Crippen LogP contribution in [0.2, 0.25) is 5.02 Å². The van der Waals surface area contributed by atoms with Crippen molar-refractivity contribution in [2.24, 2.45) is 0 Å². The molecule has 6 heteroatoms. The molecule has 0 fully saturated rings. The second kappa shape index (κ2) is 8.81. The van der Waals surface area contributed by atoms with Crippen LogP contribution in [0.3, 0.4) is 0 Å². The van der Waals surface area contributed by atoms with Crippen molar-refractivity contribution in [1.82, 2.24) is 9.78 Å². The summed E-state index contributed by atoms with van der Waals surface area (Å²) < 4.78 is 1.35. The molecule has 0 unspecified atom stereocenters. The molecule has 25 heavy (non-hydrogen) atoms. The fourth-order valence-corrected chi connectivity index (χ4v) is 2.97. The molecule has 0 aliphatic carbocycles. The zero-order valence-corrected chi connectivity index (χ0v) is 15.7. The van der Waals surface area contributed by atoms with E-state index in [0.29, 0.717) is 18.0 Å². The Bertz CT molecular complexity index is 815. The summed E-state index contributed by atoms with van der Waals surface area (Å²) in [5.41, 5.74) is 2.70. The molecule has 1 aromatic heterocycles. The number of carbonyl (C=O) groups is 1. The second-order valence-corrected chi connectivity index (χ2v) is 6.26. The fraction of sp³-hybridized carbons (Fsp3) is 0.421. The van der Waals surface area contributed by atoms with E-state index in [1.165, 1.54) is 16.8 Å². The molecule has 1 heterocycles. The second-order valence-electron chi connectivity index (χ2n) is 5.85. The number of nitrogens with one attached hydrogen (secondary N) is 1. The Morgan fingerprint density at radius 3 is 2.56 bits per heavy atom. The molecule has 1 amide bonds. The van der Waals surface area contributed by atoms with Gasteiger partial charge in [0.2, 0.25) is 0 Å². The first-order chi connectivity index (χ1) is 12.0. The maximum absolute atomic E-state index is 12.7. The number of amides is 1. The van der Waals surface area contributed by atoms with Crippen LogP contribution < -0.4 is 10.9 Å². The average Bonchev–Trinajstić information content (AvgIpc) is 2.61. The van der Waals surface area contributed by atoms with Gasteiger partial charge in [0.1, 0.15) is 5.69 Å². The van der Waals surface area contributed by atoms with Crippen LogP contribution in [0.15, 0.2) is 29.1 Å². The lowest BCUT2D eigenvalue weighted by atomic mass is 10.0. The summed E-state index contributed by atoms with van der Waals surface area (Å²) in [6.45, 7) is 6.58. The summed E-state index contributed by atoms with van der Waals surface area (Å²) in [6, 6.07) is 6.63. The van der Waals surface area contributed by atoms with Crippen molar-refractivity contribution in [3.63, 3.8) is 0 Å². The third-order valence-corrected chi connectivity index (χ3v) is 4.49. The van der Waals surface area contributed by atoms with Crippen LogP contribution in [0.5, 0.6) is 0 Å². The highest BCUT2D eigenvalue weighted by molar-refractivity contribution is 6.32. The van der Waals surface area contributed by atoms with Crippen LogP contribution in [-0.2, 0) is 19.4 Å². The van der Waals surface area contributed by atoms with E-state index < -0.39 is 0 Å². The minimum atomic E-state index is -0.336. The minimum Gasteiger partial charge on any atom is -0.320 e. The van der Waals surface area contributed by atoms with Gasteiger partial charge in [0.05, 0.1) is 0 Å². The minimum absolute atomic E-state index is 0.198. The van der Waals surface area contributed by atoms with Crippen molar-refractivity contribution in [1.29, 1.82) is 0 Å². The van der Waals surface area contributed by atoms with E-state index in [2.05, 4.69) is 10.4 Å². The van der Waals surface area contributed by atoms with E-state index in [1.807, 2.05) is 32.9 Å². The molecule has 0 bridgehead atoms. The van der Waals surface area contributed by atoms with Crippen molar-refractivity contribution in [3.8, 4) is 0 Å². The Balaban J connectivity index is 2.34. The number of hydrogen-bond donors (Lipinski definition) is 1. The molecule has 2 aromatic rings. The molecular formula is C19H24ClN3O2. The van der Waals surface area contributed by atoms with Crippen LogP contribution in [0.25, 0.3) is 0 Å². The zero-order valence-electron chi connectivity index (χ0n) is 14.9. The first kappa shape index (κ1) is 19.2. The third kappa shape index (κ3) is 4.48. The smallest absolute Gasteiger partial charge is 0.276 e. The van der Waals surface area contributed by atoms with E-state index in [9.17, 15) is 9.59 Å². The highest BCUT2D eigenvalue weighted by Gasteiger charge is 2.16. The lowest BCUT2D eigenvalue weighted by molar-refractivity contribution is 0.101. The SMILES string of the molecule is CCCCn1nc(C(=O)Nc2c(CC)ccc(Cl)c2CC)ccc1=O. The molecular weight excluding hydrogens is 338 g/mol. The predicted octanol–water partition coefficient (Wildman–Crippen LogP) is 4.07. The summed E-state index contributed by atoms with van der Waals surface area (Å²) in [6.07, 6.45) is 3.29. The van der Waals surface area contributed by atoms with Crippen LogP contribution in [-0.4, -0.2) is 15.7 Å². The van der Waals surface area contributed by atoms with Gasteiger partial charge in [-0.2, -0.15) is 5.10 Å². The Labute approximate surface area is 153 Å². The van der Waals surface area contributed by atoms with Crippen LogP contribution in [0, 0.1) is 0 Å². The molecule has 0 aliphatic rings. The number of benzene rings is 1. The van der Waals surface area contributed by atoms with Gasteiger partial charge in [-0.25, -0.2) is 4.68 Å². The van der Waals surface area contributed by atoms with E-state index in [1.54, 1.807) is 0 Å². The Morgan fingerprint density at radius 1 is 1.16 bits per heavy atom. The van der Waals surface area contributed by atoms with Crippen molar-refractivity contribution >= 4 is 23.2 Å². The summed E-state index contributed by atoms with van der Waals surface area (Å²) in [4.78, 5) is 24.5. The van der Waals surface area contributed by atoms with Gasteiger partial charge in [-0.05, 0) is 42.5 Å². The van der Waals surface area contributed by atoms with Crippen LogP contribution >= 0.6 is 11.6 Å². The fourth-order valence-electron chi connectivity index (χ4n) is 2.68.